The van der Waals surface area contributed by atoms with Crippen LogP contribution >= 0.6 is 0 Å². The van der Waals surface area contributed by atoms with E-state index in [9.17, 15) is 27.2 Å². The molecule has 206 valence electrons. The fourth-order valence-corrected chi connectivity index (χ4v) is 5.27. The number of sulfonamides is 1. The van der Waals surface area contributed by atoms with Crippen LogP contribution in [0.15, 0.2) is 53.6 Å². The summed E-state index contributed by atoms with van der Waals surface area (Å²) in [6.07, 6.45) is 2.13. The summed E-state index contributed by atoms with van der Waals surface area (Å²) in [5, 5.41) is 11.6. The number of H-pyrrole nitrogens is 2. The molecule has 1 atom stereocenters. The molecule has 2 aromatic carbocycles. The maximum absolute atomic E-state index is 13.5. The largest absolute Gasteiger partial charge is 0.347 e. The fraction of sp³-hybridized carbons (Fsp3) is 0.200. The van der Waals surface area contributed by atoms with Crippen LogP contribution < -0.4 is 20.6 Å². The van der Waals surface area contributed by atoms with Crippen LogP contribution in [0.1, 0.15) is 43.7 Å². The lowest BCUT2D eigenvalue weighted by Crippen LogP contribution is -2.35. The van der Waals surface area contributed by atoms with E-state index in [1.54, 1.807) is 37.3 Å². The SMILES string of the molecule is Cc1cc(CNC(=O)c2cc(C(=O)NC3CN(S(C)(=O)=O)c4cc(-c5n[nH]c(=O)[nH]5)ccc43)ncn2)ccc1F. The van der Waals surface area contributed by atoms with E-state index in [4.69, 9.17) is 0 Å². The lowest BCUT2D eigenvalue weighted by atomic mass is 10.1. The van der Waals surface area contributed by atoms with Crippen LogP contribution in [-0.4, -0.2) is 58.2 Å². The van der Waals surface area contributed by atoms with Gasteiger partial charge in [-0.05, 0) is 30.2 Å². The molecule has 1 aliphatic rings. The minimum absolute atomic E-state index is 0.0544. The number of carbonyl (C=O) groups excluding carboxylic acids is 2. The van der Waals surface area contributed by atoms with Crippen molar-refractivity contribution in [2.24, 2.45) is 0 Å². The van der Waals surface area contributed by atoms with Crippen molar-refractivity contribution in [2.45, 2.75) is 19.5 Å². The van der Waals surface area contributed by atoms with Gasteiger partial charge in [0.15, 0.2) is 5.82 Å². The van der Waals surface area contributed by atoms with E-state index in [0.29, 0.717) is 27.9 Å². The molecule has 0 radical (unpaired) electrons. The highest BCUT2D eigenvalue weighted by atomic mass is 32.2. The van der Waals surface area contributed by atoms with Gasteiger partial charge in [-0.2, -0.15) is 5.10 Å². The van der Waals surface area contributed by atoms with Crippen molar-refractivity contribution >= 4 is 27.5 Å². The third-order valence-corrected chi connectivity index (χ3v) is 7.46. The quantitative estimate of drug-likeness (QED) is 0.257. The van der Waals surface area contributed by atoms with Crippen molar-refractivity contribution in [1.82, 2.24) is 35.8 Å². The van der Waals surface area contributed by atoms with E-state index >= 15 is 0 Å². The zero-order valence-corrected chi connectivity index (χ0v) is 22.0. The molecule has 4 N–H and O–H groups in total. The third-order valence-electron chi connectivity index (χ3n) is 6.31. The predicted molar refractivity (Wildman–Crippen MR) is 141 cm³/mol. The first-order valence-electron chi connectivity index (χ1n) is 11.9. The number of nitrogens with zero attached hydrogens (tertiary/aromatic N) is 4. The molecule has 15 heteroatoms. The summed E-state index contributed by atoms with van der Waals surface area (Å²) in [7, 11) is -3.71. The topological polar surface area (TPSA) is 183 Å². The molecule has 0 bridgehead atoms. The fourth-order valence-electron chi connectivity index (χ4n) is 4.34. The summed E-state index contributed by atoms with van der Waals surface area (Å²) < 4.78 is 39.7. The lowest BCUT2D eigenvalue weighted by Gasteiger charge is -2.17. The van der Waals surface area contributed by atoms with Gasteiger partial charge in [0.05, 0.1) is 24.5 Å². The second kappa shape index (κ2) is 10.3. The monoisotopic (exact) mass is 566 g/mol. The maximum atomic E-state index is 13.5. The van der Waals surface area contributed by atoms with Crippen molar-refractivity contribution < 1.29 is 22.4 Å². The van der Waals surface area contributed by atoms with Crippen LogP contribution in [0.3, 0.4) is 0 Å². The molecule has 2 aromatic heterocycles. The van der Waals surface area contributed by atoms with Gasteiger partial charge >= 0.3 is 5.69 Å². The van der Waals surface area contributed by atoms with E-state index < -0.39 is 33.6 Å². The lowest BCUT2D eigenvalue weighted by molar-refractivity contribution is 0.0934. The number of hydrogen-bond acceptors (Lipinski definition) is 8. The van der Waals surface area contributed by atoms with Crippen molar-refractivity contribution in [3.63, 3.8) is 0 Å². The Morgan fingerprint density at radius 1 is 1.10 bits per heavy atom. The van der Waals surface area contributed by atoms with Gasteiger partial charge in [0.25, 0.3) is 11.8 Å². The molecular weight excluding hydrogens is 543 g/mol. The summed E-state index contributed by atoms with van der Waals surface area (Å²) in [4.78, 5) is 47.6. The summed E-state index contributed by atoms with van der Waals surface area (Å²) in [5.74, 6) is -1.31. The van der Waals surface area contributed by atoms with Crippen LogP contribution in [0.25, 0.3) is 11.4 Å². The van der Waals surface area contributed by atoms with Gasteiger partial charge in [-0.15, -0.1) is 0 Å². The van der Waals surface area contributed by atoms with Crippen LogP contribution in [-0.2, 0) is 16.6 Å². The molecular formula is C25H23FN8O5S. The Balaban J connectivity index is 1.33. The molecule has 0 spiro atoms. The second-order valence-electron chi connectivity index (χ2n) is 9.17. The smallest absolute Gasteiger partial charge is 0.340 e. The molecule has 0 saturated carbocycles. The number of halogens is 1. The normalized spacial score (nSPS) is 14.6. The van der Waals surface area contributed by atoms with Gasteiger partial charge < -0.3 is 10.6 Å². The van der Waals surface area contributed by atoms with Crippen molar-refractivity contribution in [3.05, 3.63) is 93.2 Å². The number of fused-ring (bicyclic) bond motifs is 1. The van der Waals surface area contributed by atoms with Gasteiger partial charge in [0, 0.05) is 23.7 Å². The first-order valence-corrected chi connectivity index (χ1v) is 13.8. The molecule has 13 nitrogen and oxygen atoms in total. The van der Waals surface area contributed by atoms with Crippen molar-refractivity contribution in [3.8, 4) is 11.4 Å². The minimum Gasteiger partial charge on any atom is -0.347 e. The maximum Gasteiger partial charge on any atom is 0.340 e. The van der Waals surface area contributed by atoms with Gasteiger partial charge in [-0.1, -0.05) is 24.3 Å². The molecule has 4 aromatic rings. The van der Waals surface area contributed by atoms with Crippen LogP contribution in [0, 0.1) is 12.7 Å². The summed E-state index contributed by atoms with van der Waals surface area (Å²) in [6, 6.07) is 9.83. The Labute approximate surface area is 226 Å². The number of aryl methyl sites for hydroxylation is 1. The Morgan fingerprint density at radius 3 is 2.52 bits per heavy atom. The van der Waals surface area contributed by atoms with Crippen LogP contribution in [0.2, 0.25) is 0 Å². The van der Waals surface area contributed by atoms with E-state index in [1.165, 1.54) is 12.1 Å². The van der Waals surface area contributed by atoms with Gasteiger partial charge in [0.2, 0.25) is 10.0 Å². The molecule has 1 unspecified atom stereocenters. The van der Waals surface area contributed by atoms with Crippen LogP contribution in [0.4, 0.5) is 10.1 Å². The van der Waals surface area contributed by atoms with E-state index in [2.05, 4.69) is 35.8 Å². The number of rotatable bonds is 7. The Bertz CT molecular complexity index is 1800. The standard InChI is InChI=1S/C25H23FN8O5S/c1-13-7-14(3-6-17(13)26)10-27-23(35)18-9-19(29-12-28-18)24(36)30-20-11-34(40(2,38)39)21-8-15(4-5-16(20)21)22-31-25(37)33-32-22/h3-9,12,20H,10-11H2,1-2H3,(H,27,35)(H,30,36)(H2,31,32,33,37). The number of amides is 2. The van der Waals surface area contributed by atoms with Crippen LogP contribution in [0.5, 0.6) is 0 Å². The molecule has 0 fully saturated rings. The van der Waals surface area contributed by atoms with E-state index in [-0.39, 0.29) is 36.1 Å². The number of aromatic nitrogens is 5. The number of anilines is 1. The number of carbonyl (C=O) groups is 2. The first-order chi connectivity index (χ1) is 19.0. The third kappa shape index (κ3) is 5.44. The van der Waals surface area contributed by atoms with Gasteiger partial charge in [0.1, 0.15) is 23.5 Å². The molecule has 0 saturated heterocycles. The van der Waals surface area contributed by atoms with E-state index in [1.807, 2.05) is 0 Å². The molecule has 5 rings (SSSR count). The molecule has 1 aliphatic heterocycles. The van der Waals surface area contributed by atoms with E-state index in [0.717, 1.165) is 16.9 Å². The van der Waals surface area contributed by atoms with Gasteiger partial charge in [-0.25, -0.2) is 32.7 Å². The zero-order chi connectivity index (χ0) is 28.6. The molecule has 40 heavy (non-hydrogen) atoms. The first kappa shape index (κ1) is 26.7. The highest BCUT2D eigenvalue weighted by molar-refractivity contribution is 7.92. The highest BCUT2D eigenvalue weighted by Crippen LogP contribution is 2.38. The Kier molecular flexibility index (Phi) is 6.89. The average Bonchev–Trinajstić information content (AvgIpc) is 3.52. The number of hydrogen-bond donors (Lipinski definition) is 4. The highest BCUT2D eigenvalue weighted by Gasteiger charge is 2.35. The summed E-state index contributed by atoms with van der Waals surface area (Å²) in [6.45, 7) is 1.67. The minimum atomic E-state index is -3.71. The average molecular weight is 567 g/mol. The Morgan fingerprint density at radius 2 is 1.85 bits per heavy atom. The number of benzene rings is 2. The molecule has 2 amide bonds. The number of nitrogens with one attached hydrogen (secondary N) is 4. The summed E-state index contributed by atoms with van der Waals surface area (Å²) in [5.41, 5.74) is 1.81. The Hall–Kier alpha value is -4.92. The van der Waals surface area contributed by atoms with Crippen molar-refractivity contribution in [1.29, 1.82) is 0 Å². The van der Waals surface area contributed by atoms with Crippen molar-refractivity contribution in [2.75, 3.05) is 17.1 Å². The molecule has 3 heterocycles. The molecule has 0 aliphatic carbocycles. The second-order valence-corrected chi connectivity index (χ2v) is 11.1. The zero-order valence-electron chi connectivity index (χ0n) is 21.2. The predicted octanol–water partition coefficient (Wildman–Crippen LogP) is 1.18. The number of aromatic amines is 2. The van der Waals surface area contributed by atoms with Gasteiger partial charge in [-0.3, -0.25) is 18.9 Å². The summed E-state index contributed by atoms with van der Waals surface area (Å²) >= 11 is 0.